The summed E-state index contributed by atoms with van der Waals surface area (Å²) in [5, 5.41) is 0. The Balaban J connectivity index is 2.89. The molecular weight excluding hydrogens is 218 g/mol. The summed E-state index contributed by atoms with van der Waals surface area (Å²) in [6.07, 6.45) is 3.44. The Hall–Kier alpha value is -0.830. The SMILES string of the molecule is COC=C(C)c1ccc(Br)cn1. The van der Waals surface area contributed by atoms with Crippen LogP contribution < -0.4 is 0 Å². The number of methoxy groups -OCH3 is 1. The van der Waals surface area contributed by atoms with Crippen LogP contribution in [0.1, 0.15) is 12.6 Å². The van der Waals surface area contributed by atoms with E-state index < -0.39 is 0 Å². The smallest absolute Gasteiger partial charge is 0.0875 e. The van der Waals surface area contributed by atoms with Crippen LogP contribution in [0.15, 0.2) is 29.1 Å². The zero-order valence-corrected chi connectivity index (χ0v) is 8.63. The summed E-state index contributed by atoms with van der Waals surface area (Å²) in [7, 11) is 1.63. The maximum atomic E-state index is 4.87. The summed E-state index contributed by atoms with van der Waals surface area (Å²) < 4.78 is 5.86. The van der Waals surface area contributed by atoms with Crippen molar-refractivity contribution < 1.29 is 4.74 Å². The third kappa shape index (κ3) is 2.34. The number of ether oxygens (including phenoxy) is 1. The van der Waals surface area contributed by atoms with E-state index in [0.717, 1.165) is 15.7 Å². The number of allylic oxidation sites excluding steroid dienone is 1. The molecule has 64 valence electrons. The van der Waals surface area contributed by atoms with Gasteiger partial charge in [0.1, 0.15) is 0 Å². The van der Waals surface area contributed by atoms with E-state index in [2.05, 4.69) is 20.9 Å². The Bertz CT molecular complexity index is 279. The molecular formula is C9H10BrNO. The average Bonchev–Trinajstić information content (AvgIpc) is 2.06. The lowest BCUT2D eigenvalue weighted by Crippen LogP contribution is -1.85. The van der Waals surface area contributed by atoms with Crippen LogP contribution in [-0.4, -0.2) is 12.1 Å². The normalized spacial score (nSPS) is 11.4. The van der Waals surface area contributed by atoms with Gasteiger partial charge in [-0.2, -0.15) is 0 Å². The Morgan fingerprint density at radius 3 is 2.83 bits per heavy atom. The van der Waals surface area contributed by atoms with Crippen molar-refractivity contribution in [3.8, 4) is 0 Å². The molecule has 0 atom stereocenters. The van der Waals surface area contributed by atoms with Gasteiger partial charge in [-0.1, -0.05) is 0 Å². The first-order valence-corrected chi connectivity index (χ1v) is 4.35. The second-order valence-electron chi connectivity index (χ2n) is 2.40. The molecule has 1 aromatic heterocycles. The number of hydrogen-bond donors (Lipinski definition) is 0. The minimum Gasteiger partial charge on any atom is -0.504 e. The fourth-order valence-electron chi connectivity index (χ4n) is 0.846. The first-order chi connectivity index (χ1) is 5.74. The molecule has 0 unspecified atom stereocenters. The van der Waals surface area contributed by atoms with E-state index in [1.165, 1.54) is 0 Å². The molecule has 0 aliphatic rings. The highest BCUT2D eigenvalue weighted by atomic mass is 79.9. The standard InChI is InChI=1S/C9H10BrNO/c1-7(6-12-2)9-4-3-8(10)5-11-9/h3-6H,1-2H3. The van der Waals surface area contributed by atoms with E-state index >= 15 is 0 Å². The molecule has 0 fully saturated rings. The molecule has 0 N–H and O–H groups in total. The first-order valence-electron chi connectivity index (χ1n) is 3.55. The first kappa shape index (κ1) is 9.26. The molecule has 0 spiro atoms. The van der Waals surface area contributed by atoms with E-state index in [1.54, 1.807) is 19.6 Å². The Labute approximate surface area is 80.4 Å². The van der Waals surface area contributed by atoms with Gasteiger partial charge in [-0.25, -0.2) is 0 Å². The lowest BCUT2D eigenvalue weighted by atomic mass is 10.2. The van der Waals surface area contributed by atoms with Gasteiger partial charge in [0.05, 0.1) is 19.1 Å². The second kappa shape index (κ2) is 4.26. The largest absolute Gasteiger partial charge is 0.504 e. The lowest BCUT2D eigenvalue weighted by molar-refractivity contribution is 0.339. The van der Waals surface area contributed by atoms with Gasteiger partial charge in [0.2, 0.25) is 0 Å². The number of hydrogen-bond acceptors (Lipinski definition) is 2. The lowest BCUT2D eigenvalue weighted by Gasteiger charge is -1.99. The highest BCUT2D eigenvalue weighted by molar-refractivity contribution is 9.10. The van der Waals surface area contributed by atoms with Crippen molar-refractivity contribution in [3.05, 3.63) is 34.8 Å². The van der Waals surface area contributed by atoms with Gasteiger partial charge in [0.25, 0.3) is 0 Å². The van der Waals surface area contributed by atoms with Gasteiger partial charge in [0, 0.05) is 16.2 Å². The summed E-state index contributed by atoms with van der Waals surface area (Å²) in [5.74, 6) is 0. The fourth-order valence-corrected chi connectivity index (χ4v) is 1.08. The molecule has 0 saturated heterocycles. The average molecular weight is 228 g/mol. The van der Waals surface area contributed by atoms with Crippen molar-refractivity contribution in [3.63, 3.8) is 0 Å². The fraction of sp³-hybridized carbons (Fsp3) is 0.222. The van der Waals surface area contributed by atoms with Crippen molar-refractivity contribution in [1.29, 1.82) is 0 Å². The molecule has 0 amide bonds. The van der Waals surface area contributed by atoms with Crippen LogP contribution in [0.2, 0.25) is 0 Å². The van der Waals surface area contributed by atoms with Gasteiger partial charge in [-0.05, 0) is 35.0 Å². The van der Waals surface area contributed by atoms with E-state index in [0.29, 0.717) is 0 Å². The highest BCUT2D eigenvalue weighted by Crippen LogP contribution is 2.13. The minimum atomic E-state index is 0.931. The molecule has 0 saturated carbocycles. The number of aromatic nitrogens is 1. The number of halogens is 1. The van der Waals surface area contributed by atoms with Crippen LogP contribution in [0, 0.1) is 0 Å². The Morgan fingerprint density at radius 1 is 1.58 bits per heavy atom. The summed E-state index contributed by atoms with van der Waals surface area (Å²) in [6, 6.07) is 3.89. The highest BCUT2D eigenvalue weighted by Gasteiger charge is 1.95. The van der Waals surface area contributed by atoms with Crippen LogP contribution in [0.3, 0.4) is 0 Å². The third-order valence-electron chi connectivity index (χ3n) is 1.43. The third-order valence-corrected chi connectivity index (χ3v) is 1.90. The molecule has 2 nitrogen and oxygen atoms in total. The molecule has 0 aliphatic heterocycles. The predicted molar refractivity (Wildman–Crippen MR) is 52.6 cm³/mol. The van der Waals surface area contributed by atoms with Crippen LogP contribution >= 0.6 is 15.9 Å². The van der Waals surface area contributed by atoms with Crippen molar-refractivity contribution in [1.82, 2.24) is 4.98 Å². The van der Waals surface area contributed by atoms with Gasteiger partial charge in [-0.15, -0.1) is 0 Å². The van der Waals surface area contributed by atoms with E-state index in [9.17, 15) is 0 Å². The Kier molecular flexibility index (Phi) is 3.29. The minimum absolute atomic E-state index is 0.931. The molecule has 1 heterocycles. The summed E-state index contributed by atoms with van der Waals surface area (Å²) in [4.78, 5) is 4.20. The summed E-state index contributed by atoms with van der Waals surface area (Å²) >= 11 is 3.32. The van der Waals surface area contributed by atoms with Gasteiger partial charge in [-0.3, -0.25) is 4.98 Å². The molecule has 0 bridgehead atoms. The van der Waals surface area contributed by atoms with E-state index in [1.807, 2.05) is 19.1 Å². The molecule has 0 radical (unpaired) electrons. The van der Waals surface area contributed by atoms with Crippen LogP contribution in [0.5, 0.6) is 0 Å². The predicted octanol–water partition coefficient (Wildman–Crippen LogP) is 2.85. The number of rotatable bonds is 2. The second-order valence-corrected chi connectivity index (χ2v) is 3.31. The number of nitrogens with zero attached hydrogens (tertiary/aromatic N) is 1. The van der Waals surface area contributed by atoms with Crippen molar-refractivity contribution in [2.45, 2.75) is 6.92 Å². The van der Waals surface area contributed by atoms with Crippen LogP contribution in [0.25, 0.3) is 5.57 Å². The Morgan fingerprint density at radius 2 is 2.33 bits per heavy atom. The van der Waals surface area contributed by atoms with Crippen LogP contribution in [0.4, 0.5) is 0 Å². The maximum absolute atomic E-state index is 4.87. The zero-order chi connectivity index (χ0) is 8.97. The summed E-state index contributed by atoms with van der Waals surface area (Å²) in [6.45, 7) is 1.96. The zero-order valence-electron chi connectivity index (χ0n) is 7.04. The number of pyridine rings is 1. The monoisotopic (exact) mass is 227 g/mol. The quantitative estimate of drug-likeness (QED) is 0.726. The molecule has 3 heteroatoms. The molecule has 1 aromatic rings. The van der Waals surface area contributed by atoms with E-state index in [-0.39, 0.29) is 0 Å². The van der Waals surface area contributed by atoms with Crippen molar-refractivity contribution >= 4 is 21.5 Å². The van der Waals surface area contributed by atoms with Gasteiger partial charge >= 0.3 is 0 Å². The molecule has 0 aliphatic carbocycles. The van der Waals surface area contributed by atoms with Gasteiger partial charge < -0.3 is 4.74 Å². The van der Waals surface area contributed by atoms with Gasteiger partial charge in [0.15, 0.2) is 0 Å². The molecule has 1 rings (SSSR count). The summed E-state index contributed by atoms with van der Waals surface area (Å²) in [5.41, 5.74) is 1.95. The maximum Gasteiger partial charge on any atom is 0.0875 e. The van der Waals surface area contributed by atoms with Crippen molar-refractivity contribution in [2.75, 3.05) is 7.11 Å². The van der Waals surface area contributed by atoms with E-state index in [4.69, 9.17) is 4.74 Å². The molecule has 12 heavy (non-hydrogen) atoms. The topological polar surface area (TPSA) is 22.1 Å². The molecule has 0 aromatic carbocycles. The van der Waals surface area contributed by atoms with Crippen molar-refractivity contribution in [2.24, 2.45) is 0 Å². The van der Waals surface area contributed by atoms with Crippen LogP contribution in [-0.2, 0) is 4.74 Å².